The van der Waals surface area contributed by atoms with Crippen LogP contribution in [0.4, 0.5) is 10.6 Å². The Labute approximate surface area is 193 Å². The van der Waals surface area contributed by atoms with E-state index in [-0.39, 0.29) is 25.0 Å². The minimum absolute atomic E-state index is 0.0246. The van der Waals surface area contributed by atoms with Crippen LogP contribution in [0.2, 0.25) is 0 Å². The molecule has 0 saturated carbocycles. The summed E-state index contributed by atoms with van der Waals surface area (Å²) in [6.07, 6.45) is 3.02. The molecule has 0 aromatic carbocycles. The molecule has 1 aliphatic rings. The van der Waals surface area contributed by atoms with Gasteiger partial charge in [-0.25, -0.2) is 14.6 Å². The van der Waals surface area contributed by atoms with Gasteiger partial charge in [0.25, 0.3) is 0 Å². The number of amides is 3. The van der Waals surface area contributed by atoms with Gasteiger partial charge in [-0.05, 0) is 37.3 Å². The number of rotatable bonds is 6. The molecule has 3 atom stereocenters. The highest BCUT2D eigenvalue weighted by atomic mass is 16.5. The highest BCUT2D eigenvalue weighted by Gasteiger charge is 2.36. The number of carboxylic acid groups (broad SMARTS) is 1. The van der Waals surface area contributed by atoms with E-state index in [0.717, 1.165) is 12.8 Å². The van der Waals surface area contributed by atoms with E-state index >= 15 is 0 Å². The molecule has 33 heavy (non-hydrogen) atoms. The normalized spacial score (nSPS) is 22.2. The Hall–Kier alpha value is -2.92. The lowest BCUT2D eigenvalue weighted by molar-refractivity contribution is -0.143. The summed E-state index contributed by atoms with van der Waals surface area (Å²) < 4.78 is 11.2. The van der Waals surface area contributed by atoms with Crippen LogP contribution in [0.1, 0.15) is 39.2 Å². The van der Waals surface area contributed by atoms with Gasteiger partial charge in [-0.2, -0.15) is 0 Å². The van der Waals surface area contributed by atoms with E-state index in [4.69, 9.17) is 15.2 Å². The smallest absolute Gasteiger partial charge is 0.329 e. The summed E-state index contributed by atoms with van der Waals surface area (Å²) in [7, 11) is 0. The van der Waals surface area contributed by atoms with Crippen LogP contribution in [0.3, 0.4) is 0 Å². The summed E-state index contributed by atoms with van der Waals surface area (Å²) in [4.78, 5) is 41.5. The van der Waals surface area contributed by atoms with Crippen LogP contribution < -0.4 is 21.7 Å². The van der Waals surface area contributed by atoms with Crippen LogP contribution in [0.25, 0.3) is 0 Å². The van der Waals surface area contributed by atoms with E-state index in [0.29, 0.717) is 31.2 Å². The van der Waals surface area contributed by atoms with Crippen molar-refractivity contribution >= 4 is 23.7 Å². The van der Waals surface area contributed by atoms with Gasteiger partial charge in [0.05, 0.1) is 19.3 Å². The Morgan fingerprint density at radius 2 is 1.94 bits per heavy atom. The molecule has 0 bridgehead atoms. The first-order valence-corrected chi connectivity index (χ1v) is 11.1. The van der Waals surface area contributed by atoms with Crippen LogP contribution in [-0.4, -0.2) is 72.0 Å². The minimum Gasteiger partial charge on any atom is -0.480 e. The van der Waals surface area contributed by atoms with Crippen LogP contribution in [0, 0.1) is 5.92 Å². The fraction of sp³-hybridized carbons (Fsp3) is 0.636. The zero-order valence-electron chi connectivity index (χ0n) is 19.4. The van der Waals surface area contributed by atoms with Crippen molar-refractivity contribution in [2.24, 2.45) is 5.92 Å². The maximum atomic E-state index is 12.9. The SMILES string of the molecule is CC(C)C1COCCCCOC[C@@H](NC(=O)N[C@@](C)(Cc2ccc(N)nc2)C(=O)O)C(=O)N1. The topological polar surface area (TPSA) is 165 Å². The molecule has 1 fully saturated rings. The molecule has 6 N–H and O–H groups in total. The van der Waals surface area contributed by atoms with Crippen molar-refractivity contribution in [2.45, 2.75) is 57.7 Å². The van der Waals surface area contributed by atoms with E-state index in [1.165, 1.54) is 13.1 Å². The zero-order valence-corrected chi connectivity index (χ0v) is 19.4. The number of carbonyl (C=O) groups excluding carboxylic acids is 2. The third kappa shape index (κ3) is 8.50. The molecule has 0 spiro atoms. The summed E-state index contributed by atoms with van der Waals surface area (Å²) in [5.41, 5.74) is 4.52. The van der Waals surface area contributed by atoms with Gasteiger partial charge in [-0.1, -0.05) is 19.9 Å². The van der Waals surface area contributed by atoms with Crippen molar-refractivity contribution < 1.29 is 29.0 Å². The van der Waals surface area contributed by atoms with Gasteiger partial charge in [0, 0.05) is 25.8 Å². The highest BCUT2D eigenvalue weighted by molar-refractivity contribution is 5.90. The third-order valence-corrected chi connectivity index (χ3v) is 5.43. The molecule has 0 radical (unpaired) electrons. The predicted molar refractivity (Wildman–Crippen MR) is 121 cm³/mol. The minimum atomic E-state index is -1.64. The first-order valence-electron chi connectivity index (χ1n) is 11.1. The van der Waals surface area contributed by atoms with E-state index in [9.17, 15) is 19.5 Å². The van der Waals surface area contributed by atoms with E-state index < -0.39 is 29.5 Å². The summed E-state index contributed by atoms with van der Waals surface area (Å²) in [6.45, 7) is 6.67. The molecular formula is C22H35N5O6. The van der Waals surface area contributed by atoms with Crippen LogP contribution in [0.5, 0.6) is 0 Å². The van der Waals surface area contributed by atoms with Crippen LogP contribution >= 0.6 is 0 Å². The van der Waals surface area contributed by atoms with Gasteiger partial charge in [0.15, 0.2) is 0 Å². The number of pyridine rings is 1. The summed E-state index contributed by atoms with van der Waals surface area (Å²) in [5.74, 6) is -1.23. The Morgan fingerprint density at radius 1 is 1.27 bits per heavy atom. The molecule has 3 amide bonds. The molecular weight excluding hydrogens is 430 g/mol. The lowest BCUT2D eigenvalue weighted by Gasteiger charge is -2.29. The lowest BCUT2D eigenvalue weighted by atomic mass is 9.94. The van der Waals surface area contributed by atoms with Gasteiger partial charge in [0.2, 0.25) is 5.91 Å². The number of hydrogen-bond donors (Lipinski definition) is 5. The Bertz CT molecular complexity index is 803. The maximum Gasteiger partial charge on any atom is 0.329 e. The van der Waals surface area contributed by atoms with Crippen molar-refractivity contribution in [1.82, 2.24) is 20.9 Å². The van der Waals surface area contributed by atoms with Gasteiger partial charge in [-0.3, -0.25) is 4.79 Å². The van der Waals surface area contributed by atoms with Crippen molar-refractivity contribution in [3.63, 3.8) is 0 Å². The number of nitrogens with zero attached hydrogens (tertiary/aromatic N) is 1. The molecule has 1 aliphatic heterocycles. The van der Waals surface area contributed by atoms with Crippen molar-refractivity contribution in [3.8, 4) is 0 Å². The second kappa shape index (κ2) is 12.4. The fourth-order valence-electron chi connectivity index (χ4n) is 3.25. The monoisotopic (exact) mass is 465 g/mol. The average Bonchev–Trinajstić information content (AvgIpc) is 2.74. The summed E-state index contributed by atoms with van der Waals surface area (Å²) >= 11 is 0. The quantitative estimate of drug-likeness (QED) is 0.409. The Balaban J connectivity index is 2.09. The zero-order chi connectivity index (χ0) is 24.4. The summed E-state index contributed by atoms with van der Waals surface area (Å²) in [5, 5.41) is 17.7. The molecule has 1 aromatic heterocycles. The number of nitrogens with one attached hydrogen (secondary N) is 3. The fourth-order valence-corrected chi connectivity index (χ4v) is 3.25. The van der Waals surface area contributed by atoms with Crippen molar-refractivity contribution in [1.29, 1.82) is 0 Å². The number of aromatic nitrogens is 1. The number of urea groups is 1. The molecule has 0 aliphatic carbocycles. The van der Waals surface area contributed by atoms with Gasteiger partial charge < -0.3 is 36.3 Å². The van der Waals surface area contributed by atoms with Crippen molar-refractivity contribution in [2.75, 3.05) is 32.2 Å². The number of ether oxygens (including phenoxy) is 2. The molecule has 11 nitrogen and oxygen atoms in total. The second-order valence-electron chi connectivity index (χ2n) is 8.77. The maximum absolute atomic E-state index is 12.9. The predicted octanol–water partition coefficient (Wildman–Crippen LogP) is 0.685. The molecule has 1 saturated heterocycles. The molecule has 184 valence electrons. The highest BCUT2D eigenvalue weighted by Crippen LogP contribution is 2.14. The van der Waals surface area contributed by atoms with Crippen LogP contribution in [-0.2, 0) is 25.5 Å². The molecule has 11 heteroatoms. The van der Waals surface area contributed by atoms with E-state index in [1.54, 1.807) is 12.1 Å². The van der Waals surface area contributed by atoms with Crippen LogP contribution in [0.15, 0.2) is 18.3 Å². The van der Waals surface area contributed by atoms with E-state index in [2.05, 4.69) is 20.9 Å². The molecule has 1 aromatic rings. The molecule has 1 unspecified atom stereocenters. The Morgan fingerprint density at radius 3 is 2.52 bits per heavy atom. The first-order chi connectivity index (χ1) is 15.6. The van der Waals surface area contributed by atoms with Gasteiger partial charge in [-0.15, -0.1) is 0 Å². The number of hydrogen-bond acceptors (Lipinski definition) is 7. The third-order valence-electron chi connectivity index (χ3n) is 5.43. The standard InChI is InChI=1S/C22H35N5O6/c1-14(2)16-12-32-8-4-5-9-33-13-17(19(28)25-16)26-21(31)27-22(3,20(29)30)10-15-6-7-18(23)24-11-15/h6-7,11,14,16-17H,4-5,8-10,12-13H2,1-3H3,(H2,23,24)(H,25,28)(H,29,30)(H2,26,27,31)/t16?,17-,22+/m1/s1. The largest absolute Gasteiger partial charge is 0.480 e. The first kappa shape index (κ1) is 26.3. The Kier molecular flexibility index (Phi) is 9.86. The van der Waals surface area contributed by atoms with Gasteiger partial charge >= 0.3 is 12.0 Å². The number of carboxylic acids is 1. The average molecular weight is 466 g/mol. The summed E-state index contributed by atoms with van der Waals surface area (Å²) in [6, 6.07) is 1.18. The number of aliphatic carboxylic acids is 1. The number of nitrogen functional groups attached to an aromatic ring is 1. The number of anilines is 1. The molecule has 2 heterocycles. The second-order valence-corrected chi connectivity index (χ2v) is 8.77. The van der Waals surface area contributed by atoms with E-state index in [1.807, 2.05) is 13.8 Å². The number of nitrogens with two attached hydrogens (primary N) is 1. The molecule has 2 rings (SSSR count). The van der Waals surface area contributed by atoms with Gasteiger partial charge in [0.1, 0.15) is 17.4 Å². The lowest BCUT2D eigenvalue weighted by Crippen LogP contribution is -2.61. The number of carbonyl (C=O) groups is 3. The van der Waals surface area contributed by atoms with Crippen molar-refractivity contribution in [3.05, 3.63) is 23.9 Å².